The molecule has 0 radical (unpaired) electrons. The smallest absolute Gasteiger partial charge is 0.313 e. The highest BCUT2D eigenvalue weighted by molar-refractivity contribution is 7.99. The Kier molecular flexibility index (Phi) is 4.14. The molecule has 19 heavy (non-hydrogen) atoms. The van der Waals surface area contributed by atoms with Crippen molar-refractivity contribution >= 4 is 28.8 Å². The maximum atomic E-state index is 10.7. The first-order valence-electron chi connectivity index (χ1n) is 6.35. The largest absolute Gasteiger partial charge is 0.481 e. The van der Waals surface area contributed by atoms with E-state index in [0.29, 0.717) is 0 Å². The van der Waals surface area contributed by atoms with Crippen LogP contribution in [0.1, 0.15) is 24.5 Å². The molecule has 1 aromatic heterocycles. The minimum Gasteiger partial charge on any atom is -0.481 e. The summed E-state index contributed by atoms with van der Waals surface area (Å²) in [7, 11) is 0. The first-order chi connectivity index (χ1) is 9.02. The van der Waals surface area contributed by atoms with E-state index in [1.807, 2.05) is 0 Å². The molecule has 0 saturated heterocycles. The minimum absolute atomic E-state index is 0.0466. The van der Waals surface area contributed by atoms with E-state index in [4.69, 9.17) is 5.11 Å². The molecule has 0 fully saturated rings. The second-order valence-corrected chi connectivity index (χ2v) is 5.60. The predicted octanol–water partition coefficient (Wildman–Crippen LogP) is 3.24. The van der Waals surface area contributed by atoms with Crippen molar-refractivity contribution in [1.82, 2.24) is 9.55 Å². The van der Waals surface area contributed by atoms with Crippen LogP contribution in [0.3, 0.4) is 0 Å². The summed E-state index contributed by atoms with van der Waals surface area (Å²) in [4.78, 5) is 15.3. The van der Waals surface area contributed by atoms with Gasteiger partial charge in [0.1, 0.15) is 0 Å². The normalized spacial score (nSPS) is 11.1. The van der Waals surface area contributed by atoms with Crippen molar-refractivity contribution in [2.24, 2.45) is 0 Å². The van der Waals surface area contributed by atoms with Gasteiger partial charge in [0.2, 0.25) is 0 Å². The third kappa shape index (κ3) is 2.92. The number of carboxylic acid groups (broad SMARTS) is 1. The second kappa shape index (κ2) is 5.65. The second-order valence-electron chi connectivity index (χ2n) is 4.65. The first kappa shape index (κ1) is 13.9. The zero-order valence-corrected chi connectivity index (χ0v) is 12.3. The van der Waals surface area contributed by atoms with Crippen LogP contribution in [0.25, 0.3) is 11.0 Å². The van der Waals surface area contributed by atoms with Crippen molar-refractivity contribution in [2.75, 3.05) is 5.75 Å². The van der Waals surface area contributed by atoms with Crippen LogP contribution in [-0.4, -0.2) is 26.4 Å². The Morgan fingerprint density at radius 3 is 2.68 bits per heavy atom. The lowest BCUT2D eigenvalue weighted by atomic mass is 10.1. The average Bonchev–Trinajstić information content (AvgIpc) is 2.66. The molecule has 0 aliphatic carbocycles. The van der Waals surface area contributed by atoms with E-state index in [0.717, 1.165) is 29.2 Å². The topological polar surface area (TPSA) is 55.1 Å². The highest BCUT2D eigenvalue weighted by Crippen LogP contribution is 2.26. The molecular weight excluding hydrogens is 260 g/mol. The fourth-order valence-corrected chi connectivity index (χ4v) is 2.80. The Balaban J connectivity index is 2.49. The van der Waals surface area contributed by atoms with Crippen molar-refractivity contribution < 1.29 is 9.90 Å². The summed E-state index contributed by atoms with van der Waals surface area (Å²) in [6.45, 7) is 7.12. The molecule has 2 aromatic rings. The highest BCUT2D eigenvalue weighted by atomic mass is 32.2. The standard InChI is InChI=1S/C14H18N2O2S/c1-4-5-16-12-7-10(3)9(2)6-11(12)15-14(16)19-8-13(17)18/h6-7H,4-5,8H2,1-3H3,(H,17,18). The van der Waals surface area contributed by atoms with E-state index < -0.39 is 5.97 Å². The average molecular weight is 278 g/mol. The van der Waals surface area contributed by atoms with Gasteiger partial charge in [0, 0.05) is 6.54 Å². The Bertz CT molecular complexity index is 619. The molecular formula is C14H18N2O2S. The molecule has 0 aliphatic heterocycles. The van der Waals surface area contributed by atoms with Crippen LogP contribution < -0.4 is 0 Å². The highest BCUT2D eigenvalue weighted by Gasteiger charge is 2.13. The number of aromatic nitrogens is 2. The van der Waals surface area contributed by atoms with E-state index >= 15 is 0 Å². The Labute approximate surface area is 116 Å². The molecule has 0 aliphatic rings. The molecule has 0 bridgehead atoms. The van der Waals surface area contributed by atoms with Gasteiger partial charge >= 0.3 is 5.97 Å². The summed E-state index contributed by atoms with van der Waals surface area (Å²) in [6, 6.07) is 4.21. The van der Waals surface area contributed by atoms with Gasteiger partial charge in [-0.05, 0) is 43.5 Å². The minimum atomic E-state index is -0.813. The zero-order valence-electron chi connectivity index (χ0n) is 11.4. The third-order valence-corrected chi connectivity index (χ3v) is 4.06. The fourth-order valence-electron chi connectivity index (χ4n) is 2.03. The molecule has 0 saturated carbocycles. The van der Waals surface area contributed by atoms with Gasteiger partial charge in [-0.3, -0.25) is 4.79 Å². The lowest BCUT2D eigenvalue weighted by Gasteiger charge is -2.07. The maximum absolute atomic E-state index is 10.7. The number of hydrogen-bond acceptors (Lipinski definition) is 3. The van der Waals surface area contributed by atoms with E-state index in [2.05, 4.69) is 42.5 Å². The van der Waals surface area contributed by atoms with Crippen molar-refractivity contribution in [3.8, 4) is 0 Å². The molecule has 5 heteroatoms. The number of fused-ring (bicyclic) bond motifs is 1. The van der Waals surface area contributed by atoms with Crippen LogP contribution in [0.4, 0.5) is 0 Å². The maximum Gasteiger partial charge on any atom is 0.313 e. The quantitative estimate of drug-likeness (QED) is 0.853. The van der Waals surface area contributed by atoms with E-state index in [1.54, 1.807) is 0 Å². The van der Waals surface area contributed by atoms with Crippen molar-refractivity contribution in [1.29, 1.82) is 0 Å². The van der Waals surface area contributed by atoms with Gasteiger partial charge in [-0.25, -0.2) is 4.98 Å². The molecule has 1 aromatic carbocycles. The van der Waals surface area contributed by atoms with Crippen LogP contribution in [0, 0.1) is 13.8 Å². The Hall–Kier alpha value is -1.49. The molecule has 2 rings (SSSR count). The number of carbonyl (C=O) groups is 1. The van der Waals surface area contributed by atoms with E-state index in [1.165, 1.54) is 22.9 Å². The molecule has 1 heterocycles. The number of aryl methyl sites for hydroxylation is 3. The van der Waals surface area contributed by atoms with Crippen LogP contribution in [0.2, 0.25) is 0 Å². The number of thioether (sulfide) groups is 1. The molecule has 0 unspecified atom stereocenters. The lowest BCUT2D eigenvalue weighted by molar-refractivity contribution is -0.133. The number of aliphatic carboxylic acids is 1. The molecule has 0 spiro atoms. The van der Waals surface area contributed by atoms with Gasteiger partial charge in [-0.1, -0.05) is 18.7 Å². The Morgan fingerprint density at radius 2 is 2.05 bits per heavy atom. The van der Waals surface area contributed by atoms with Crippen LogP contribution in [0.5, 0.6) is 0 Å². The van der Waals surface area contributed by atoms with Crippen LogP contribution >= 0.6 is 11.8 Å². The zero-order chi connectivity index (χ0) is 14.0. The fraction of sp³-hybridized carbons (Fsp3) is 0.429. The van der Waals surface area contributed by atoms with Gasteiger partial charge in [-0.15, -0.1) is 0 Å². The van der Waals surface area contributed by atoms with Gasteiger partial charge in [-0.2, -0.15) is 0 Å². The monoisotopic (exact) mass is 278 g/mol. The Morgan fingerprint density at radius 1 is 1.37 bits per heavy atom. The summed E-state index contributed by atoms with van der Waals surface area (Å²) in [6.07, 6.45) is 0.999. The SMILES string of the molecule is CCCn1c(SCC(=O)O)nc2cc(C)c(C)cc21. The summed E-state index contributed by atoms with van der Waals surface area (Å²) < 4.78 is 2.12. The molecule has 0 atom stereocenters. The van der Waals surface area contributed by atoms with E-state index in [-0.39, 0.29) is 5.75 Å². The van der Waals surface area contributed by atoms with Gasteiger partial charge < -0.3 is 9.67 Å². The number of nitrogens with zero attached hydrogens (tertiary/aromatic N) is 2. The van der Waals surface area contributed by atoms with Crippen molar-refractivity contribution in [3.63, 3.8) is 0 Å². The molecule has 102 valence electrons. The predicted molar refractivity (Wildman–Crippen MR) is 77.9 cm³/mol. The summed E-state index contributed by atoms with van der Waals surface area (Å²) in [5, 5.41) is 9.60. The third-order valence-electron chi connectivity index (χ3n) is 3.10. The number of benzene rings is 1. The van der Waals surface area contributed by atoms with Crippen molar-refractivity contribution in [3.05, 3.63) is 23.3 Å². The van der Waals surface area contributed by atoms with Gasteiger partial charge in [0.05, 0.1) is 16.8 Å². The summed E-state index contributed by atoms with van der Waals surface area (Å²) >= 11 is 1.28. The number of hydrogen-bond donors (Lipinski definition) is 1. The van der Waals surface area contributed by atoms with Crippen LogP contribution in [-0.2, 0) is 11.3 Å². The van der Waals surface area contributed by atoms with Gasteiger partial charge in [0.25, 0.3) is 0 Å². The molecule has 4 nitrogen and oxygen atoms in total. The summed E-state index contributed by atoms with van der Waals surface area (Å²) in [5.41, 5.74) is 4.49. The number of carboxylic acids is 1. The van der Waals surface area contributed by atoms with Crippen LogP contribution in [0.15, 0.2) is 17.3 Å². The lowest BCUT2D eigenvalue weighted by Crippen LogP contribution is -2.03. The molecule has 0 amide bonds. The summed E-state index contributed by atoms with van der Waals surface area (Å²) in [5.74, 6) is -0.766. The molecule has 1 N–H and O–H groups in total. The van der Waals surface area contributed by atoms with Gasteiger partial charge in [0.15, 0.2) is 5.16 Å². The first-order valence-corrected chi connectivity index (χ1v) is 7.33. The number of rotatable bonds is 5. The van der Waals surface area contributed by atoms with E-state index in [9.17, 15) is 4.79 Å². The van der Waals surface area contributed by atoms with Crippen molar-refractivity contribution in [2.45, 2.75) is 38.9 Å². The number of imidazole rings is 1.